The van der Waals surface area contributed by atoms with Crippen LogP contribution in [0.5, 0.6) is 0 Å². The molecule has 0 aliphatic carbocycles. The highest BCUT2D eigenvalue weighted by Crippen LogP contribution is 2.15. The van der Waals surface area contributed by atoms with Crippen LogP contribution in [-0.4, -0.2) is 42.6 Å². The van der Waals surface area contributed by atoms with Gasteiger partial charge in [0.1, 0.15) is 11.7 Å². The molecule has 2 aromatic rings. The topological polar surface area (TPSA) is 97.5 Å². The lowest BCUT2D eigenvalue weighted by atomic mass is 10.0. The number of carbonyl (C=O) groups excluding carboxylic acids is 3. The molecule has 0 spiro atoms. The van der Waals surface area contributed by atoms with Gasteiger partial charge in [-0.1, -0.05) is 32.0 Å². The number of carbonyl (C=O) groups is 3. The number of hydrogen-bond donors (Lipinski definition) is 2. The first-order valence-electron chi connectivity index (χ1n) is 8.02. The predicted octanol–water partition coefficient (Wildman–Crippen LogP) is 2.03. The molecule has 0 saturated heterocycles. The zero-order valence-corrected chi connectivity index (χ0v) is 14.5. The smallest absolute Gasteiger partial charge is 0.355 e. The molecule has 0 unspecified atom stereocenters. The van der Waals surface area contributed by atoms with Crippen LogP contribution in [0.25, 0.3) is 10.9 Å². The highest BCUT2D eigenvalue weighted by atomic mass is 16.5. The molecule has 1 atom stereocenters. The largest absolute Gasteiger partial charge is 0.467 e. The minimum absolute atomic E-state index is 0.193. The average molecular weight is 346 g/mol. The van der Waals surface area contributed by atoms with Crippen molar-refractivity contribution in [1.82, 2.24) is 10.3 Å². The fraction of sp³-hybridized carbons (Fsp3) is 0.389. The molecule has 0 aliphatic rings. The van der Waals surface area contributed by atoms with E-state index in [9.17, 15) is 14.4 Å². The van der Waals surface area contributed by atoms with Gasteiger partial charge in [-0.25, -0.2) is 9.59 Å². The Morgan fingerprint density at radius 1 is 1.20 bits per heavy atom. The maximum Gasteiger partial charge on any atom is 0.355 e. The van der Waals surface area contributed by atoms with Gasteiger partial charge in [0.25, 0.3) is 5.91 Å². The van der Waals surface area contributed by atoms with Gasteiger partial charge in [0.15, 0.2) is 6.61 Å². The highest BCUT2D eigenvalue weighted by Gasteiger charge is 2.23. The van der Waals surface area contributed by atoms with E-state index in [1.165, 1.54) is 7.11 Å². The van der Waals surface area contributed by atoms with Crippen LogP contribution in [0.4, 0.5) is 0 Å². The van der Waals surface area contributed by atoms with Crippen molar-refractivity contribution in [2.75, 3.05) is 13.7 Å². The Morgan fingerprint density at radius 3 is 2.56 bits per heavy atom. The number of nitrogens with one attached hydrogen (secondary N) is 2. The van der Waals surface area contributed by atoms with Gasteiger partial charge in [-0.2, -0.15) is 0 Å². The fourth-order valence-corrected chi connectivity index (χ4v) is 2.46. The first kappa shape index (κ1) is 18.5. The third-order valence-corrected chi connectivity index (χ3v) is 3.61. The number of hydrogen-bond acceptors (Lipinski definition) is 5. The number of rotatable bonds is 7. The normalized spacial score (nSPS) is 12.0. The summed E-state index contributed by atoms with van der Waals surface area (Å²) in [6, 6.07) is 8.31. The number of fused-ring (bicyclic) bond motifs is 1. The molecule has 0 fully saturated rings. The molecule has 25 heavy (non-hydrogen) atoms. The molecule has 1 heterocycles. The molecule has 1 amide bonds. The third kappa shape index (κ3) is 5.07. The summed E-state index contributed by atoms with van der Waals surface area (Å²) < 4.78 is 9.68. The molecule has 1 aromatic heterocycles. The number of para-hydroxylation sites is 1. The van der Waals surface area contributed by atoms with Crippen LogP contribution >= 0.6 is 0 Å². The first-order chi connectivity index (χ1) is 11.9. The molecule has 1 aromatic carbocycles. The van der Waals surface area contributed by atoms with Crippen LogP contribution in [0.3, 0.4) is 0 Å². The summed E-state index contributed by atoms with van der Waals surface area (Å²) in [5.74, 6) is -1.52. The lowest BCUT2D eigenvalue weighted by molar-refractivity contribution is -0.145. The first-order valence-corrected chi connectivity index (χ1v) is 8.02. The van der Waals surface area contributed by atoms with E-state index >= 15 is 0 Å². The van der Waals surface area contributed by atoms with Crippen LogP contribution in [0.1, 0.15) is 30.8 Å². The average Bonchev–Trinajstić information content (AvgIpc) is 3.02. The van der Waals surface area contributed by atoms with E-state index in [0.717, 1.165) is 10.9 Å². The Bertz CT molecular complexity index is 733. The van der Waals surface area contributed by atoms with E-state index in [-0.39, 0.29) is 11.6 Å². The molecular formula is C18H22N2O5. The lowest BCUT2D eigenvalue weighted by Crippen LogP contribution is -2.44. The summed E-state index contributed by atoms with van der Waals surface area (Å²) in [6.45, 7) is 3.38. The van der Waals surface area contributed by atoms with E-state index in [1.54, 1.807) is 6.07 Å². The van der Waals surface area contributed by atoms with Crippen molar-refractivity contribution in [3.8, 4) is 0 Å². The van der Waals surface area contributed by atoms with E-state index in [1.807, 2.05) is 38.1 Å². The van der Waals surface area contributed by atoms with E-state index in [4.69, 9.17) is 4.74 Å². The van der Waals surface area contributed by atoms with Crippen LogP contribution in [0.15, 0.2) is 30.3 Å². The van der Waals surface area contributed by atoms with Crippen LogP contribution < -0.4 is 5.32 Å². The van der Waals surface area contributed by atoms with Gasteiger partial charge in [-0.15, -0.1) is 0 Å². The minimum Gasteiger partial charge on any atom is -0.467 e. The zero-order chi connectivity index (χ0) is 18.4. The molecule has 134 valence electrons. The Hall–Kier alpha value is -2.83. The molecule has 2 rings (SSSR count). The van der Waals surface area contributed by atoms with Crippen LogP contribution in [0, 0.1) is 5.92 Å². The summed E-state index contributed by atoms with van der Waals surface area (Å²) >= 11 is 0. The second kappa shape index (κ2) is 8.32. The van der Waals surface area contributed by atoms with Gasteiger partial charge < -0.3 is 19.8 Å². The predicted molar refractivity (Wildman–Crippen MR) is 92.0 cm³/mol. The standard InChI is InChI=1S/C18H22N2O5/c1-11(2)8-14(17(22)24-3)20-16(21)10-25-18(23)15-9-12-6-4-5-7-13(12)19-15/h4-7,9,11,14,19H,8,10H2,1-3H3,(H,20,21)/t14-/m1/s1. The summed E-state index contributed by atoms with van der Waals surface area (Å²) in [7, 11) is 1.26. The summed E-state index contributed by atoms with van der Waals surface area (Å²) in [4.78, 5) is 38.6. The van der Waals surface area contributed by atoms with Crippen LogP contribution in [0.2, 0.25) is 0 Å². The van der Waals surface area contributed by atoms with Gasteiger partial charge >= 0.3 is 11.9 Å². The number of aromatic nitrogens is 1. The van der Waals surface area contributed by atoms with Gasteiger partial charge in [-0.3, -0.25) is 4.79 Å². The summed E-state index contributed by atoms with van der Waals surface area (Å²) in [5, 5.41) is 3.41. The Kier molecular flexibility index (Phi) is 6.16. The molecule has 0 aliphatic heterocycles. The molecule has 0 saturated carbocycles. The molecule has 0 radical (unpaired) electrons. The molecule has 7 heteroatoms. The van der Waals surface area contributed by atoms with E-state index in [2.05, 4.69) is 15.0 Å². The van der Waals surface area contributed by atoms with Gasteiger partial charge in [-0.05, 0) is 24.5 Å². The molecule has 7 nitrogen and oxygen atoms in total. The van der Waals surface area contributed by atoms with Crippen molar-refractivity contribution in [3.63, 3.8) is 0 Å². The van der Waals surface area contributed by atoms with Crippen molar-refractivity contribution >= 4 is 28.7 Å². The van der Waals surface area contributed by atoms with Crippen molar-refractivity contribution in [2.45, 2.75) is 26.3 Å². The monoisotopic (exact) mass is 346 g/mol. The van der Waals surface area contributed by atoms with Crippen LogP contribution in [-0.2, 0) is 19.1 Å². The molecule has 2 N–H and O–H groups in total. The number of H-pyrrole nitrogens is 1. The zero-order valence-electron chi connectivity index (χ0n) is 14.5. The van der Waals surface area contributed by atoms with Crippen molar-refractivity contribution in [1.29, 1.82) is 0 Å². The number of methoxy groups -OCH3 is 1. The Morgan fingerprint density at radius 2 is 1.92 bits per heavy atom. The van der Waals surface area contributed by atoms with Gasteiger partial charge in [0, 0.05) is 10.9 Å². The van der Waals surface area contributed by atoms with E-state index in [0.29, 0.717) is 6.42 Å². The SMILES string of the molecule is COC(=O)[C@@H](CC(C)C)NC(=O)COC(=O)c1cc2ccccc2[nH]1. The number of esters is 2. The summed E-state index contributed by atoms with van der Waals surface area (Å²) in [5.41, 5.74) is 1.07. The van der Waals surface area contributed by atoms with E-state index < -0.39 is 30.5 Å². The number of aromatic amines is 1. The minimum atomic E-state index is -0.760. The maximum atomic E-state index is 12.0. The second-order valence-electron chi connectivity index (χ2n) is 6.12. The molecular weight excluding hydrogens is 324 g/mol. The second-order valence-corrected chi connectivity index (χ2v) is 6.12. The van der Waals surface area contributed by atoms with Gasteiger partial charge in [0.2, 0.25) is 0 Å². The quantitative estimate of drug-likeness (QED) is 0.748. The third-order valence-electron chi connectivity index (χ3n) is 3.61. The van der Waals surface area contributed by atoms with Gasteiger partial charge in [0.05, 0.1) is 7.11 Å². The Balaban J connectivity index is 1.91. The maximum absolute atomic E-state index is 12.0. The highest BCUT2D eigenvalue weighted by molar-refractivity contribution is 5.96. The lowest BCUT2D eigenvalue weighted by Gasteiger charge is -2.18. The molecule has 0 bridgehead atoms. The fourth-order valence-electron chi connectivity index (χ4n) is 2.46. The number of amides is 1. The Labute approximate surface area is 145 Å². The van der Waals surface area contributed by atoms with Crippen molar-refractivity contribution in [3.05, 3.63) is 36.0 Å². The van der Waals surface area contributed by atoms with Crippen molar-refractivity contribution < 1.29 is 23.9 Å². The summed E-state index contributed by atoms with van der Waals surface area (Å²) in [6.07, 6.45) is 0.439. The number of ether oxygens (including phenoxy) is 2. The number of benzene rings is 1. The van der Waals surface area contributed by atoms with Crippen molar-refractivity contribution in [2.24, 2.45) is 5.92 Å².